The summed E-state index contributed by atoms with van der Waals surface area (Å²) in [6.07, 6.45) is 13.6. The largest absolute Gasteiger partial charge is 0.368 e. The second-order valence-corrected chi connectivity index (χ2v) is 15.0. The molecular formula is C36H59N5O2S. The van der Waals surface area contributed by atoms with E-state index in [1.54, 1.807) is 18.3 Å². The van der Waals surface area contributed by atoms with E-state index < -0.39 is 12.1 Å². The molecule has 1 saturated heterocycles. The molecular weight excluding hydrogens is 566 g/mol. The summed E-state index contributed by atoms with van der Waals surface area (Å²) in [4.78, 5) is 22.3. The number of nitriles is 1. The molecule has 0 aliphatic carbocycles. The third-order valence-electron chi connectivity index (χ3n) is 9.44. The van der Waals surface area contributed by atoms with Gasteiger partial charge in [0.2, 0.25) is 0 Å². The van der Waals surface area contributed by atoms with Gasteiger partial charge in [0.05, 0.1) is 10.6 Å². The number of aliphatic hydroxyl groups excluding tert-OH is 1. The summed E-state index contributed by atoms with van der Waals surface area (Å²) in [5, 5.41) is 26.1. The van der Waals surface area contributed by atoms with Crippen molar-refractivity contribution >= 4 is 28.5 Å². The molecule has 2 aliphatic rings. The van der Waals surface area contributed by atoms with Gasteiger partial charge < -0.3 is 10.0 Å². The lowest BCUT2D eigenvalue weighted by atomic mass is 9.89. The maximum Gasteiger partial charge on any atom is 0.281 e. The molecule has 3 heterocycles. The first-order valence-corrected chi connectivity index (χ1v) is 18.2. The highest BCUT2D eigenvalue weighted by molar-refractivity contribution is 7.16. The molecule has 3 unspecified atom stereocenters. The zero-order valence-electron chi connectivity index (χ0n) is 28.9. The number of piperidine rings is 1. The Morgan fingerprint density at radius 1 is 1.05 bits per heavy atom. The Balaban J connectivity index is 2.11. The minimum Gasteiger partial charge on any atom is -0.368 e. The number of carbonyl (C=O) groups excluding carboxylic acids is 1. The van der Waals surface area contributed by atoms with Crippen LogP contribution in [0.4, 0.5) is 5.13 Å². The van der Waals surface area contributed by atoms with Crippen molar-refractivity contribution in [2.75, 3.05) is 31.1 Å². The highest BCUT2D eigenvalue weighted by Crippen LogP contribution is 2.39. The van der Waals surface area contributed by atoms with Crippen molar-refractivity contribution in [3.63, 3.8) is 0 Å². The number of unbranched alkanes of at least 4 members (excludes halogenated alkanes) is 2. The van der Waals surface area contributed by atoms with E-state index in [9.17, 15) is 15.2 Å². The summed E-state index contributed by atoms with van der Waals surface area (Å²) in [7, 11) is 0. The second kappa shape index (κ2) is 16.9. The van der Waals surface area contributed by atoms with E-state index in [4.69, 9.17) is 4.98 Å². The van der Waals surface area contributed by atoms with Crippen LogP contribution in [0.3, 0.4) is 0 Å². The van der Waals surface area contributed by atoms with Crippen LogP contribution < -0.4 is 4.90 Å². The van der Waals surface area contributed by atoms with Crippen LogP contribution in [-0.2, 0) is 10.2 Å². The number of amides is 1. The van der Waals surface area contributed by atoms with E-state index in [2.05, 4.69) is 59.4 Å². The van der Waals surface area contributed by atoms with Crippen molar-refractivity contribution in [2.45, 2.75) is 138 Å². The molecule has 2 aliphatic heterocycles. The number of hydrazine groups is 1. The molecule has 1 fully saturated rings. The molecule has 8 heteroatoms. The van der Waals surface area contributed by atoms with Crippen molar-refractivity contribution in [1.82, 2.24) is 15.0 Å². The van der Waals surface area contributed by atoms with Gasteiger partial charge in [-0.3, -0.25) is 4.79 Å². The number of hydrogen-bond donors (Lipinski definition) is 1. The molecule has 0 aromatic carbocycles. The second-order valence-electron chi connectivity index (χ2n) is 13.9. The van der Waals surface area contributed by atoms with Crippen LogP contribution in [0.25, 0.3) is 6.08 Å². The SMILES string of the molecule is CCCCC(CC)CN(CC(CC)CCCC)c1nc(C(C)(C)C)c(/C=C2/C(C)=C(C#N)C(=O)N(N3CCCCC3)C2O)s1. The Morgan fingerprint density at radius 2 is 1.61 bits per heavy atom. The zero-order chi connectivity index (χ0) is 32.4. The van der Waals surface area contributed by atoms with Crippen molar-refractivity contribution in [3.05, 3.63) is 27.3 Å². The van der Waals surface area contributed by atoms with Crippen LogP contribution in [0.5, 0.6) is 0 Å². The van der Waals surface area contributed by atoms with Crippen molar-refractivity contribution in [2.24, 2.45) is 11.8 Å². The van der Waals surface area contributed by atoms with Gasteiger partial charge in [-0.05, 0) is 56.1 Å². The number of hydrogen-bond acceptors (Lipinski definition) is 7. The maximum absolute atomic E-state index is 13.4. The fourth-order valence-electron chi connectivity index (χ4n) is 6.47. The fourth-order valence-corrected chi connectivity index (χ4v) is 7.71. The quantitative estimate of drug-likeness (QED) is 0.211. The van der Waals surface area contributed by atoms with E-state index in [0.29, 0.717) is 36.1 Å². The zero-order valence-corrected chi connectivity index (χ0v) is 29.7. The lowest BCUT2D eigenvalue weighted by Crippen LogP contribution is -2.56. The summed E-state index contributed by atoms with van der Waals surface area (Å²) < 4.78 is 0. The summed E-state index contributed by atoms with van der Waals surface area (Å²) in [5.74, 6) is 0.837. The fraction of sp³-hybridized carbons (Fsp3) is 0.750. The number of aromatic nitrogens is 1. The molecule has 0 spiro atoms. The van der Waals surface area contributed by atoms with Gasteiger partial charge in [0, 0.05) is 37.2 Å². The smallest absolute Gasteiger partial charge is 0.281 e. The maximum atomic E-state index is 13.4. The third-order valence-corrected chi connectivity index (χ3v) is 10.5. The van der Waals surface area contributed by atoms with Gasteiger partial charge in [0.1, 0.15) is 11.6 Å². The summed E-state index contributed by atoms with van der Waals surface area (Å²) >= 11 is 1.70. The molecule has 44 heavy (non-hydrogen) atoms. The topological polar surface area (TPSA) is 83.7 Å². The number of thiazole rings is 1. The Morgan fingerprint density at radius 3 is 2.09 bits per heavy atom. The predicted molar refractivity (Wildman–Crippen MR) is 184 cm³/mol. The predicted octanol–water partition coefficient (Wildman–Crippen LogP) is 8.46. The molecule has 0 radical (unpaired) electrons. The average Bonchev–Trinajstić information content (AvgIpc) is 3.44. The van der Waals surface area contributed by atoms with Crippen LogP contribution in [-0.4, -0.2) is 58.4 Å². The molecule has 1 aromatic heterocycles. The number of aliphatic hydroxyl groups is 1. The molecule has 3 rings (SSSR count). The first kappa shape index (κ1) is 36.3. The molecule has 0 saturated carbocycles. The molecule has 1 aromatic rings. The molecule has 1 amide bonds. The Labute approximate surface area is 272 Å². The van der Waals surface area contributed by atoms with E-state index in [1.807, 2.05) is 11.1 Å². The molecule has 3 atom stereocenters. The van der Waals surface area contributed by atoms with Gasteiger partial charge in [-0.1, -0.05) is 105 Å². The summed E-state index contributed by atoms with van der Waals surface area (Å²) in [6, 6.07) is 2.16. The van der Waals surface area contributed by atoms with Crippen LogP contribution in [0.2, 0.25) is 0 Å². The molecule has 246 valence electrons. The van der Waals surface area contributed by atoms with Crippen LogP contribution >= 0.6 is 11.3 Å². The standard InChI is InChI=1S/C36H59N5O2S/c1-9-13-18-27(11-3)24-39(25-28(12-4)19-14-10-2)35-38-32(36(6,7)8)31(44-35)22-29-26(5)30(23-37)34(43)41(33(29)42)40-20-16-15-17-21-40/h22,27-28,33,42H,9-21,24-25H2,1-8H3/b29-22-. The monoisotopic (exact) mass is 625 g/mol. The highest BCUT2D eigenvalue weighted by Gasteiger charge is 2.40. The molecule has 7 nitrogen and oxygen atoms in total. The Hall–Kier alpha value is -2.21. The van der Waals surface area contributed by atoms with Gasteiger partial charge in [0.25, 0.3) is 5.91 Å². The minimum absolute atomic E-state index is 0.110. The van der Waals surface area contributed by atoms with Gasteiger partial charge in [0.15, 0.2) is 11.4 Å². The number of rotatable bonds is 15. The van der Waals surface area contributed by atoms with E-state index in [1.165, 1.54) is 43.5 Å². The van der Waals surface area contributed by atoms with Crippen LogP contribution in [0.1, 0.15) is 137 Å². The van der Waals surface area contributed by atoms with Crippen molar-refractivity contribution in [1.29, 1.82) is 5.26 Å². The Bertz CT molecular complexity index is 1170. The minimum atomic E-state index is -1.13. The van der Waals surface area contributed by atoms with E-state index >= 15 is 0 Å². The van der Waals surface area contributed by atoms with Gasteiger partial charge >= 0.3 is 0 Å². The van der Waals surface area contributed by atoms with E-state index in [0.717, 1.165) is 60.9 Å². The van der Waals surface area contributed by atoms with Crippen molar-refractivity contribution in [3.8, 4) is 6.07 Å². The van der Waals surface area contributed by atoms with Crippen LogP contribution in [0.15, 0.2) is 16.7 Å². The first-order valence-electron chi connectivity index (χ1n) is 17.4. The number of carbonyl (C=O) groups is 1. The Kier molecular flexibility index (Phi) is 13.9. The highest BCUT2D eigenvalue weighted by atomic mass is 32.1. The van der Waals surface area contributed by atoms with Gasteiger partial charge in [-0.15, -0.1) is 0 Å². The third kappa shape index (κ3) is 8.95. The van der Waals surface area contributed by atoms with Gasteiger partial charge in [-0.2, -0.15) is 5.26 Å². The van der Waals surface area contributed by atoms with Crippen LogP contribution in [0, 0.1) is 23.2 Å². The number of anilines is 1. The van der Waals surface area contributed by atoms with Gasteiger partial charge in [-0.25, -0.2) is 15.0 Å². The van der Waals surface area contributed by atoms with Crippen molar-refractivity contribution < 1.29 is 9.90 Å². The molecule has 1 N–H and O–H groups in total. The van der Waals surface area contributed by atoms with E-state index in [-0.39, 0.29) is 11.0 Å². The normalized spacial score (nSPS) is 20.7. The summed E-state index contributed by atoms with van der Waals surface area (Å²) in [6.45, 7) is 20.9. The first-order chi connectivity index (χ1) is 21.0. The number of nitrogens with zero attached hydrogens (tertiary/aromatic N) is 5. The molecule has 0 bridgehead atoms. The lowest BCUT2D eigenvalue weighted by Gasteiger charge is -2.43. The summed E-state index contributed by atoms with van der Waals surface area (Å²) in [5.41, 5.74) is 2.06. The lowest BCUT2D eigenvalue weighted by molar-refractivity contribution is -0.169. The average molecular weight is 626 g/mol.